The van der Waals surface area contributed by atoms with Gasteiger partial charge in [0.2, 0.25) is 5.91 Å². The van der Waals surface area contributed by atoms with Crippen LogP contribution in [0.5, 0.6) is 0 Å². The highest BCUT2D eigenvalue weighted by Gasteiger charge is 2.18. The highest BCUT2D eigenvalue weighted by atomic mass is 16.2. The van der Waals surface area contributed by atoms with E-state index in [-0.39, 0.29) is 24.1 Å². The molecule has 0 spiro atoms. The lowest BCUT2D eigenvalue weighted by atomic mass is 10.1. The second-order valence-corrected chi connectivity index (χ2v) is 8.62. The van der Waals surface area contributed by atoms with Crippen molar-refractivity contribution in [3.05, 3.63) is 58.4 Å². The maximum absolute atomic E-state index is 13.2. The predicted octanol–water partition coefficient (Wildman–Crippen LogP) is 2.65. The van der Waals surface area contributed by atoms with Crippen LogP contribution in [0.1, 0.15) is 49.9 Å². The lowest BCUT2D eigenvalue weighted by Crippen LogP contribution is -2.39. The van der Waals surface area contributed by atoms with Crippen molar-refractivity contribution in [3.8, 4) is 11.3 Å². The average Bonchev–Trinajstić information content (AvgIpc) is 2.78. The van der Waals surface area contributed by atoms with E-state index in [9.17, 15) is 14.4 Å². The number of hydrogen-bond acceptors (Lipinski definition) is 4. The first-order chi connectivity index (χ1) is 15.5. The van der Waals surface area contributed by atoms with Crippen molar-refractivity contribution in [2.75, 3.05) is 26.2 Å². The number of hydrogen-bond donors (Lipinski definition) is 2. The highest BCUT2D eigenvalue weighted by molar-refractivity contribution is 5.94. The SMILES string of the molecule is CC(C)NC(=O)Cn1c(-c2ccccc2)ccc(C(=O)NCCCN2CCCCC2)c1=O. The largest absolute Gasteiger partial charge is 0.352 e. The number of piperidine rings is 1. The van der Waals surface area contributed by atoms with Gasteiger partial charge < -0.3 is 15.5 Å². The molecule has 1 aliphatic heterocycles. The number of aromatic nitrogens is 1. The van der Waals surface area contributed by atoms with Crippen molar-refractivity contribution in [2.45, 2.75) is 52.1 Å². The predicted molar refractivity (Wildman–Crippen MR) is 127 cm³/mol. The van der Waals surface area contributed by atoms with Gasteiger partial charge in [0.15, 0.2) is 0 Å². The summed E-state index contributed by atoms with van der Waals surface area (Å²) in [6.45, 7) is 7.31. The van der Waals surface area contributed by atoms with Crippen LogP contribution < -0.4 is 16.2 Å². The number of carbonyl (C=O) groups is 2. The third-order valence-corrected chi connectivity index (χ3v) is 5.63. The van der Waals surface area contributed by atoms with Crippen LogP contribution in [0.4, 0.5) is 0 Å². The smallest absolute Gasteiger partial charge is 0.264 e. The molecular weight excluding hydrogens is 404 g/mol. The molecule has 1 aromatic heterocycles. The van der Waals surface area contributed by atoms with Gasteiger partial charge in [-0.1, -0.05) is 36.8 Å². The molecule has 7 heteroatoms. The number of amides is 2. The minimum absolute atomic E-state index is 0.0373. The third-order valence-electron chi connectivity index (χ3n) is 5.63. The van der Waals surface area contributed by atoms with Gasteiger partial charge in [-0.2, -0.15) is 0 Å². The molecule has 3 rings (SSSR count). The molecule has 1 fully saturated rings. The average molecular weight is 439 g/mol. The van der Waals surface area contributed by atoms with Crippen molar-refractivity contribution >= 4 is 11.8 Å². The molecule has 0 saturated carbocycles. The number of pyridine rings is 1. The van der Waals surface area contributed by atoms with E-state index >= 15 is 0 Å². The van der Waals surface area contributed by atoms with Crippen LogP contribution in [0.25, 0.3) is 11.3 Å². The molecule has 2 heterocycles. The lowest BCUT2D eigenvalue weighted by molar-refractivity contribution is -0.122. The summed E-state index contributed by atoms with van der Waals surface area (Å²) in [7, 11) is 0. The fraction of sp³-hybridized carbons (Fsp3) is 0.480. The molecule has 1 aromatic carbocycles. The monoisotopic (exact) mass is 438 g/mol. The van der Waals surface area contributed by atoms with E-state index < -0.39 is 11.5 Å². The number of rotatable bonds is 9. The van der Waals surface area contributed by atoms with Crippen molar-refractivity contribution in [1.82, 2.24) is 20.1 Å². The van der Waals surface area contributed by atoms with Gasteiger partial charge >= 0.3 is 0 Å². The Hall–Kier alpha value is -2.93. The van der Waals surface area contributed by atoms with E-state index in [0.717, 1.165) is 31.6 Å². The van der Waals surface area contributed by atoms with Crippen LogP contribution in [0.2, 0.25) is 0 Å². The molecule has 2 amide bonds. The summed E-state index contributed by atoms with van der Waals surface area (Å²) < 4.78 is 1.38. The second-order valence-electron chi connectivity index (χ2n) is 8.62. The van der Waals surface area contributed by atoms with Crippen molar-refractivity contribution in [1.29, 1.82) is 0 Å². The summed E-state index contributed by atoms with van der Waals surface area (Å²) in [6.07, 6.45) is 4.63. The topological polar surface area (TPSA) is 83.4 Å². The van der Waals surface area contributed by atoms with Gasteiger partial charge in [0.25, 0.3) is 11.5 Å². The number of carbonyl (C=O) groups excluding carboxylic acids is 2. The first kappa shape index (κ1) is 23.7. The summed E-state index contributed by atoms with van der Waals surface area (Å²) in [5.74, 6) is -0.662. The Morgan fingerprint density at radius 3 is 2.41 bits per heavy atom. The van der Waals surface area contributed by atoms with Crippen LogP contribution >= 0.6 is 0 Å². The number of likely N-dealkylation sites (tertiary alicyclic amines) is 1. The first-order valence-corrected chi connectivity index (χ1v) is 11.5. The van der Waals surface area contributed by atoms with Crippen molar-refractivity contribution < 1.29 is 9.59 Å². The van der Waals surface area contributed by atoms with Gasteiger partial charge in [-0.3, -0.25) is 19.0 Å². The van der Waals surface area contributed by atoms with E-state index in [1.807, 2.05) is 44.2 Å². The summed E-state index contributed by atoms with van der Waals surface area (Å²) in [4.78, 5) is 40.8. The van der Waals surface area contributed by atoms with Gasteiger partial charge in [0.05, 0.1) is 5.69 Å². The molecule has 0 bridgehead atoms. The quantitative estimate of drug-likeness (QED) is 0.590. The summed E-state index contributed by atoms with van der Waals surface area (Å²) >= 11 is 0. The maximum Gasteiger partial charge on any atom is 0.264 e. The zero-order chi connectivity index (χ0) is 22.9. The van der Waals surface area contributed by atoms with Gasteiger partial charge in [-0.25, -0.2) is 0 Å². The number of nitrogens with zero attached hydrogens (tertiary/aromatic N) is 2. The minimum Gasteiger partial charge on any atom is -0.352 e. The van der Waals surface area contributed by atoms with Crippen LogP contribution in [0.15, 0.2) is 47.3 Å². The van der Waals surface area contributed by atoms with Crippen LogP contribution in [-0.2, 0) is 11.3 Å². The Labute approximate surface area is 189 Å². The second kappa shape index (κ2) is 11.6. The van der Waals surface area contributed by atoms with E-state index in [4.69, 9.17) is 0 Å². The molecule has 2 N–H and O–H groups in total. The molecule has 1 aliphatic rings. The Kier molecular flexibility index (Phi) is 8.62. The standard InChI is InChI=1S/C25H34N4O3/c1-19(2)27-23(30)18-29-22(20-10-5-3-6-11-20)13-12-21(25(29)32)24(31)26-14-9-17-28-15-7-4-8-16-28/h3,5-6,10-13,19H,4,7-9,14-18H2,1-2H3,(H,26,31)(H,27,30). The number of benzene rings is 1. The summed E-state index contributed by atoms with van der Waals surface area (Å²) in [6, 6.07) is 12.7. The summed E-state index contributed by atoms with van der Waals surface area (Å²) in [5, 5.41) is 5.69. The van der Waals surface area contributed by atoms with Gasteiger partial charge in [0.1, 0.15) is 12.1 Å². The van der Waals surface area contributed by atoms with E-state index in [1.165, 1.54) is 23.8 Å². The zero-order valence-corrected chi connectivity index (χ0v) is 19.1. The van der Waals surface area contributed by atoms with E-state index in [2.05, 4.69) is 15.5 Å². The molecule has 1 saturated heterocycles. The molecule has 7 nitrogen and oxygen atoms in total. The molecular formula is C25H34N4O3. The third kappa shape index (κ3) is 6.53. The summed E-state index contributed by atoms with van der Waals surface area (Å²) in [5.41, 5.74) is 1.02. The molecule has 172 valence electrons. The molecule has 0 aliphatic carbocycles. The fourth-order valence-electron chi connectivity index (χ4n) is 4.06. The Morgan fingerprint density at radius 2 is 1.72 bits per heavy atom. The molecule has 0 radical (unpaired) electrons. The molecule has 32 heavy (non-hydrogen) atoms. The van der Waals surface area contributed by atoms with Crippen LogP contribution in [-0.4, -0.2) is 53.5 Å². The Bertz CT molecular complexity index is 963. The zero-order valence-electron chi connectivity index (χ0n) is 19.1. The van der Waals surface area contributed by atoms with E-state index in [1.54, 1.807) is 12.1 Å². The van der Waals surface area contributed by atoms with Crippen LogP contribution in [0.3, 0.4) is 0 Å². The normalized spacial score (nSPS) is 14.3. The highest BCUT2D eigenvalue weighted by Crippen LogP contribution is 2.18. The van der Waals surface area contributed by atoms with Gasteiger partial charge in [0, 0.05) is 12.6 Å². The van der Waals surface area contributed by atoms with Gasteiger partial charge in [-0.15, -0.1) is 0 Å². The Morgan fingerprint density at radius 1 is 1.00 bits per heavy atom. The molecule has 0 atom stereocenters. The molecule has 2 aromatic rings. The van der Waals surface area contributed by atoms with E-state index in [0.29, 0.717) is 12.2 Å². The van der Waals surface area contributed by atoms with Crippen molar-refractivity contribution in [2.24, 2.45) is 0 Å². The van der Waals surface area contributed by atoms with Gasteiger partial charge in [-0.05, 0) is 70.4 Å². The van der Waals surface area contributed by atoms with Crippen LogP contribution in [0, 0.1) is 0 Å². The fourth-order valence-corrected chi connectivity index (χ4v) is 4.06. The number of nitrogens with one attached hydrogen (secondary N) is 2. The Balaban J connectivity index is 1.74. The minimum atomic E-state index is -0.459. The van der Waals surface area contributed by atoms with Crippen molar-refractivity contribution in [3.63, 3.8) is 0 Å². The molecule has 0 unspecified atom stereocenters. The first-order valence-electron chi connectivity index (χ1n) is 11.5. The maximum atomic E-state index is 13.2. The lowest BCUT2D eigenvalue weighted by Gasteiger charge is -2.26.